The number of carbonyl (C=O) groups excluding carboxylic acids is 1. The van der Waals surface area contributed by atoms with Gasteiger partial charge in [0.25, 0.3) is 0 Å². The van der Waals surface area contributed by atoms with Crippen LogP contribution in [0.3, 0.4) is 0 Å². The SMILES string of the molecule is O=C([O-])C[C@@H]1CN(Cc2ccc(F)c3cccnc23)C[C@H]1O.[K+]. The molecule has 23 heavy (non-hydrogen) atoms. The molecule has 1 saturated heterocycles. The number of carboxylic acid groups (broad SMARTS) is 1. The molecule has 0 spiro atoms. The van der Waals surface area contributed by atoms with Crippen LogP contribution >= 0.6 is 0 Å². The summed E-state index contributed by atoms with van der Waals surface area (Å²) in [4.78, 5) is 16.9. The molecule has 1 aliphatic heterocycles. The summed E-state index contributed by atoms with van der Waals surface area (Å²) in [5.74, 6) is -1.80. The molecular formula is C16H16FKN2O3. The molecule has 0 bridgehead atoms. The number of aliphatic hydroxyl groups excluding tert-OH is 1. The van der Waals surface area contributed by atoms with Crippen molar-refractivity contribution >= 4 is 16.9 Å². The van der Waals surface area contributed by atoms with E-state index in [1.165, 1.54) is 6.07 Å². The fraction of sp³-hybridized carbons (Fsp3) is 0.375. The quantitative estimate of drug-likeness (QED) is 0.613. The molecule has 0 saturated carbocycles. The van der Waals surface area contributed by atoms with Crippen molar-refractivity contribution in [2.24, 2.45) is 5.92 Å². The van der Waals surface area contributed by atoms with Gasteiger partial charge in [0.05, 0.1) is 11.6 Å². The first-order valence-electron chi connectivity index (χ1n) is 7.17. The minimum atomic E-state index is -1.15. The number of aliphatic hydroxyl groups is 1. The first-order valence-corrected chi connectivity index (χ1v) is 7.17. The molecule has 1 aromatic heterocycles. The van der Waals surface area contributed by atoms with Crippen LogP contribution in [0.5, 0.6) is 0 Å². The Labute approximate surface area is 175 Å². The van der Waals surface area contributed by atoms with Gasteiger partial charge >= 0.3 is 51.4 Å². The zero-order valence-corrected chi connectivity index (χ0v) is 16.0. The van der Waals surface area contributed by atoms with Crippen LogP contribution in [-0.4, -0.2) is 40.2 Å². The number of hydrogen-bond donors (Lipinski definition) is 1. The van der Waals surface area contributed by atoms with Crippen molar-refractivity contribution in [3.05, 3.63) is 41.8 Å². The number of aromatic nitrogens is 1. The first-order chi connectivity index (χ1) is 10.5. The maximum absolute atomic E-state index is 13.8. The smallest absolute Gasteiger partial charge is 0.550 e. The summed E-state index contributed by atoms with van der Waals surface area (Å²) in [5, 5.41) is 21.1. The van der Waals surface area contributed by atoms with E-state index < -0.39 is 12.1 Å². The van der Waals surface area contributed by atoms with Crippen molar-refractivity contribution in [2.45, 2.75) is 19.1 Å². The van der Waals surface area contributed by atoms with Gasteiger partial charge in [-0.2, -0.15) is 0 Å². The molecule has 2 atom stereocenters. The Morgan fingerprint density at radius 3 is 2.91 bits per heavy atom. The van der Waals surface area contributed by atoms with E-state index in [4.69, 9.17) is 0 Å². The van der Waals surface area contributed by atoms with Crippen LogP contribution in [0.4, 0.5) is 4.39 Å². The number of rotatable bonds is 4. The molecule has 3 rings (SSSR count). The van der Waals surface area contributed by atoms with E-state index in [-0.39, 0.29) is 69.5 Å². The predicted molar refractivity (Wildman–Crippen MR) is 76.1 cm³/mol. The number of benzene rings is 1. The van der Waals surface area contributed by atoms with Gasteiger partial charge in [0.1, 0.15) is 5.82 Å². The van der Waals surface area contributed by atoms with Crippen LogP contribution in [0.1, 0.15) is 12.0 Å². The summed E-state index contributed by atoms with van der Waals surface area (Å²) >= 11 is 0. The van der Waals surface area contributed by atoms with Gasteiger partial charge in [-0.1, -0.05) is 6.07 Å². The maximum Gasteiger partial charge on any atom is 1.00 e. The minimum absolute atomic E-state index is 0. The maximum atomic E-state index is 13.8. The van der Waals surface area contributed by atoms with Gasteiger partial charge in [0.15, 0.2) is 0 Å². The van der Waals surface area contributed by atoms with Crippen molar-refractivity contribution in [3.8, 4) is 0 Å². The number of nitrogens with zero attached hydrogens (tertiary/aromatic N) is 2. The van der Waals surface area contributed by atoms with Crippen LogP contribution < -0.4 is 56.5 Å². The monoisotopic (exact) mass is 342 g/mol. The van der Waals surface area contributed by atoms with Crippen molar-refractivity contribution in [3.63, 3.8) is 0 Å². The molecule has 1 N–H and O–H groups in total. The van der Waals surface area contributed by atoms with E-state index in [9.17, 15) is 19.4 Å². The second kappa shape index (κ2) is 8.11. The van der Waals surface area contributed by atoms with Crippen LogP contribution in [0.15, 0.2) is 30.5 Å². The third-order valence-electron chi connectivity index (χ3n) is 4.10. The number of pyridine rings is 1. The zero-order chi connectivity index (χ0) is 15.7. The number of fused-ring (bicyclic) bond motifs is 1. The van der Waals surface area contributed by atoms with Crippen molar-refractivity contribution in [1.29, 1.82) is 0 Å². The molecule has 0 aliphatic carbocycles. The molecule has 0 radical (unpaired) electrons. The molecule has 7 heteroatoms. The van der Waals surface area contributed by atoms with Gasteiger partial charge in [-0.25, -0.2) is 4.39 Å². The summed E-state index contributed by atoms with van der Waals surface area (Å²) in [7, 11) is 0. The minimum Gasteiger partial charge on any atom is -0.550 e. The van der Waals surface area contributed by atoms with Crippen molar-refractivity contribution in [1.82, 2.24) is 9.88 Å². The molecule has 1 fully saturated rings. The Balaban J connectivity index is 0.00000192. The Morgan fingerprint density at radius 2 is 2.17 bits per heavy atom. The van der Waals surface area contributed by atoms with E-state index in [1.54, 1.807) is 24.4 Å². The molecule has 1 aliphatic rings. The van der Waals surface area contributed by atoms with E-state index in [1.807, 2.05) is 4.90 Å². The number of β-amino-alcohol motifs (C(OH)–C–C–N with tert-alkyl or cyclic N) is 1. The third kappa shape index (κ3) is 4.36. The molecule has 5 nitrogen and oxygen atoms in total. The molecule has 116 valence electrons. The fourth-order valence-corrected chi connectivity index (χ4v) is 3.05. The third-order valence-corrected chi connectivity index (χ3v) is 4.10. The Kier molecular flexibility index (Phi) is 6.67. The normalized spacial score (nSPS) is 21.3. The Hall–Kier alpha value is -0.414. The van der Waals surface area contributed by atoms with Crippen LogP contribution in [-0.2, 0) is 11.3 Å². The van der Waals surface area contributed by atoms with Crippen LogP contribution in [0.2, 0.25) is 0 Å². The summed E-state index contributed by atoms with van der Waals surface area (Å²) in [6.45, 7) is 1.36. The van der Waals surface area contributed by atoms with Crippen LogP contribution in [0, 0.1) is 11.7 Å². The number of carboxylic acids is 1. The summed E-state index contributed by atoms with van der Waals surface area (Å²) < 4.78 is 13.8. The average molecular weight is 342 g/mol. The average Bonchev–Trinajstić information content (AvgIpc) is 2.81. The first kappa shape index (κ1) is 18.9. The molecular weight excluding hydrogens is 326 g/mol. The number of carbonyl (C=O) groups is 1. The zero-order valence-electron chi connectivity index (χ0n) is 12.9. The fourth-order valence-electron chi connectivity index (χ4n) is 3.05. The molecule has 0 amide bonds. The number of aliphatic carboxylic acids is 1. The second-order valence-electron chi connectivity index (χ2n) is 5.70. The van der Waals surface area contributed by atoms with Gasteiger partial charge < -0.3 is 15.0 Å². The van der Waals surface area contributed by atoms with Crippen molar-refractivity contribution in [2.75, 3.05) is 13.1 Å². The molecule has 1 aromatic carbocycles. The van der Waals surface area contributed by atoms with E-state index in [2.05, 4.69) is 4.98 Å². The van der Waals surface area contributed by atoms with E-state index >= 15 is 0 Å². The molecule has 2 heterocycles. The number of halogens is 1. The number of hydrogen-bond acceptors (Lipinski definition) is 5. The standard InChI is InChI=1S/C16H17FN2O3.K/c17-13-4-3-10(16-12(13)2-1-5-18-16)7-19-8-11(6-15(21)22)14(20)9-19;/h1-5,11,14,20H,6-9H2,(H,21,22);/q;+1/p-1/t11-,14-;/m1./s1. The molecule has 2 aromatic rings. The molecule has 0 unspecified atom stereocenters. The van der Waals surface area contributed by atoms with E-state index in [0.717, 1.165) is 5.56 Å². The topological polar surface area (TPSA) is 76.5 Å². The Bertz CT molecular complexity index is 713. The summed E-state index contributed by atoms with van der Waals surface area (Å²) in [6.07, 6.45) is 0.779. The summed E-state index contributed by atoms with van der Waals surface area (Å²) in [6, 6.07) is 6.46. The van der Waals surface area contributed by atoms with Gasteiger partial charge in [0.2, 0.25) is 0 Å². The number of likely N-dealkylation sites (tertiary alicyclic amines) is 1. The largest absolute Gasteiger partial charge is 1.00 e. The predicted octanol–water partition coefficient (Wildman–Crippen LogP) is -2.69. The van der Waals surface area contributed by atoms with Crippen molar-refractivity contribution < 1.29 is 70.8 Å². The second-order valence-corrected chi connectivity index (χ2v) is 5.70. The Morgan fingerprint density at radius 1 is 1.39 bits per heavy atom. The van der Waals surface area contributed by atoms with Gasteiger partial charge in [-0.05, 0) is 30.2 Å². The summed E-state index contributed by atoms with van der Waals surface area (Å²) in [5.41, 5.74) is 1.46. The van der Waals surface area contributed by atoms with Crippen LogP contribution in [0.25, 0.3) is 10.9 Å². The van der Waals surface area contributed by atoms with Gasteiger partial charge in [-0.15, -0.1) is 0 Å². The van der Waals surface area contributed by atoms with Gasteiger partial charge in [0, 0.05) is 43.1 Å². The van der Waals surface area contributed by atoms with E-state index in [0.29, 0.717) is 30.5 Å². The van der Waals surface area contributed by atoms with Gasteiger partial charge in [-0.3, -0.25) is 9.88 Å².